The monoisotopic (exact) mass is 335 g/mol. The highest BCUT2D eigenvalue weighted by molar-refractivity contribution is 9.10. The van der Waals surface area contributed by atoms with Gasteiger partial charge in [0.1, 0.15) is 5.75 Å². The number of nitrogens with one attached hydrogen (secondary N) is 1. The number of carbonyl (C=O) groups is 1. The lowest BCUT2D eigenvalue weighted by molar-refractivity contribution is -0.124. The van der Waals surface area contributed by atoms with Crippen molar-refractivity contribution in [3.63, 3.8) is 0 Å². The highest BCUT2D eigenvalue weighted by Gasteiger charge is 2.17. The lowest BCUT2D eigenvalue weighted by Gasteiger charge is -2.12. The third kappa shape index (κ3) is 3.59. The minimum absolute atomic E-state index is 0.485. The van der Waals surface area contributed by atoms with E-state index in [1.165, 1.54) is 7.11 Å². The van der Waals surface area contributed by atoms with E-state index in [4.69, 9.17) is 4.74 Å². The molecular weight excluding hydrogens is 322 g/mol. The highest BCUT2D eigenvalue weighted by atomic mass is 79.9. The molecule has 0 aromatic heterocycles. The van der Waals surface area contributed by atoms with Crippen molar-refractivity contribution in [3.8, 4) is 5.75 Å². The minimum atomic E-state index is -1.24. The zero-order valence-electron chi connectivity index (χ0n) is 10.8. The Morgan fingerprint density at radius 2 is 1.95 bits per heavy atom. The van der Waals surface area contributed by atoms with Gasteiger partial charge >= 0.3 is 0 Å². The molecular formula is C15H14BrNO3. The van der Waals surface area contributed by atoms with Crippen molar-refractivity contribution in [3.05, 3.63) is 58.6 Å². The molecule has 4 nitrogen and oxygen atoms in total. The SMILES string of the molecule is COc1cccc(C(O)C(=O)Nc2ccc(Br)cc2)c1. The first-order valence-electron chi connectivity index (χ1n) is 5.98. The summed E-state index contributed by atoms with van der Waals surface area (Å²) in [4.78, 5) is 12.0. The zero-order valence-corrected chi connectivity index (χ0v) is 12.4. The number of methoxy groups -OCH3 is 1. The van der Waals surface area contributed by atoms with E-state index in [1.54, 1.807) is 36.4 Å². The summed E-state index contributed by atoms with van der Waals surface area (Å²) in [6.07, 6.45) is -1.24. The number of aliphatic hydroxyl groups excluding tert-OH is 1. The summed E-state index contributed by atoms with van der Waals surface area (Å²) in [5.41, 5.74) is 1.11. The van der Waals surface area contributed by atoms with Crippen LogP contribution < -0.4 is 10.1 Å². The van der Waals surface area contributed by atoms with Crippen molar-refractivity contribution in [2.45, 2.75) is 6.10 Å². The maximum absolute atomic E-state index is 12.0. The summed E-state index contributed by atoms with van der Waals surface area (Å²) < 4.78 is 5.99. The Kier molecular flexibility index (Phi) is 4.76. The topological polar surface area (TPSA) is 58.6 Å². The number of ether oxygens (including phenoxy) is 1. The van der Waals surface area contributed by atoms with Gasteiger partial charge in [-0.15, -0.1) is 0 Å². The summed E-state index contributed by atoms with van der Waals surface area (Å²) in [5.74, 6) is 0.110. The van der Waals surface area contributed by atoms with E-state index in [0.717, 1.165) is 4.47 Å². The molecule has 2 N–H and O–H groups in total. The minimum Gasteiger partial charge on any atom is -0.497 e. The fraction of sp³-hybridized carbons (Fsp3) is 0.133. The Balaban J connectivity index is 2.09. The van der Waals surface area contributed by atoms with E-state index in [0.29, 0.717) is 17.0 Å². The Labute approximate surface area is 125 Å². The molecule has 0 saturated carbocycles. The third-order valence-electron chi connectivity index (χ3n) is 2.77. The normalized spacial score (nSPS) is 11.8. The van der Waals surface area contributed by atoms with Crippen LogP contribution in [-0.2, 0) is 4.79 Å². The van der Waals surface area contributed by atoms with Crippen LogP contribution in [0.2, 0.25) is 0 Å². The van der Waals surface area contributed by atoms with Crippen LogP contribution in [0.5, 0.6) is 5.75 Å². The van der Waals surface area contributed by atoms with Crippen molar-refractivity contribution < 1.29 is 14.6 Å². The largest absolute Gasteiger partial charge is 0.497 e. The lowest BCUT2D eigenvalue weighted by atomic mass is 10.1. The van der Waals surface area contributed by atoms with Gasteiger partial charge in [0.25, 0.3) is 5.91 Å². The van der Waals surface area contributed by atoms with Crippen LogP contribution >= 0.6 is 15.9 Å². The molecule has 0 heterocycles. The Morgan fingerprint density at radius 3 is 2.60 bits per heavy atom. The molecule has 0 saturated heterocycles. The number of amides is 1. The molecule has 0 bridgehead atoms. The molecule has 0 aliphatic heterocycles. The van der Waals surface area contributed by atoms with E-state index in [2.05, 4.69) is 21.2 Å². The van der Waals surface area contributed by atoms with E-state index in [-0.39, 0.29) is 0 Å². The number of rotatable bonds is 4. The fourth-order valence-corrected chi connectivity index (χ4v) is 1.97. The predicted molar refractivity (Wildman–Crippen MR) is 80.7 cm³/mol. The van der Waals surface area contributed by atoms with Crippen molar-refractivity contribution in [1.82, 2.24) is 0 Å². The molecule has 0 spiro atoms. The molecule has 2 rings (SSSR count). The van der Waals surface area contributed by atoms with Crippen molar-refractivity contribution in [2.24, 2.45) is 0 Å². The molecule has 0 radical (unpaired) electrons. The molecule has 5 heteroatoms. The number of aliphatic hydroxyl groups is 1. The maximum atomic E-state index is 12.0. The smallest absolute Gasteiger partial charge is 0.257 e. The van der Waals surface area contributed by atoms with Gasteiger partial charge in [-0.1, -0.05) is 28.1 Å². The second kappa shape index (κ2) is 6.54. The first kappa shape index (κ1) is 14.6. The van der Waals surface area contributed by atoms with Gasteiger partial charge in [-0.3, -0.25) is 4.79 Å². The Morgan fingerprint density at radius 1 is 1.25 bits per heavy atom. The molecule has 0 fully saturated rings. The number of benzene rings is 2. The highest BCUT2D eigenvalue weighted by Crippen LogP contribution is 2.21. The van der Waals surface area contributed by atoms with Crippen LogP contribution in [0.15, 0.2) is 53.0 Å². The maximum Gasteiger partial charge on any atom is 0.257 e. The molecule has 1 atom stereocenters. The van der Waals surface area contributed by atoms with E-state index in [1.807, 2.05) is 12.1 Å². The van der Waals surface area contributed by atoms with Crippen LogP contribution in [0.25, 0.3) is 0 Å². The predicted octanol–water partition coefficient (Wildman–Crippen LogP) is 3.13. The van der Waals surface area contributed by atoms with Gasteiger partial charge in [-0.05, 0) is 42.0 Å². The van der Waals surface area contributed by atoms with Gasteiger partial charge < -0.3 is 15.2 Å². The van der Waals surface area contributed by atoms with Crippen molar-refractivity contribution >= 4 is 27.5 Å². The molecule has 2 aromatic carbocycles. The summed E-state index contributed by atoms with van der Waals surface area (Å²) >= 11 is 3.32. The van der Waals surface area contributed by atoms with Gasteiger partial charge in [0.2, 0.25) is 0 Å². The van der Waals surface area contributed by atoms with Gasteiger partial charge in [0.15, 0.2) is 6.10 Å². The molecule has 0 aliphatic rings. The third-order valence-corrected chi connectivity index (χ3v) is 3.30. The molecule has 0 aliphatic carbocycles. The fourth-order valence-electron chi connectivity index (χ4n) is 1.71. The van der Waals surface area contributed by atoms with Crippen LogP contribution in [0.4, 0.5) is 5.69 Å². The van der Waals surface area contributed by atoms with E-state index in [9.17, 15) is 9.90 Å². The molecule has 2 aromatic rings. The van der Waals surface area contributed by atoms with Gasteiger partial charge in [-0.25, -0.2) is 0 Å². The van der Waals surface area contributed by atoms with Crippen LogP contribution in [0, 0.1) is 0 Å². The van der Waals surface area contributed by atoms with Gasteiger partial charge in [0.05, 0.1) is 7.11 Å². The number of anilines is 1. The number of hydrogen-bond acceptors (Lipinski definition) is 3. The van der Waals surface area contributed by atoms with Crippen LogP contribution in [-0.4, -0.2) is 18.1 Å². The first-order chi connectivity index (χ1) is 9.60. The second-order valence-electron chi connectivity index (χ2n) is 4.18. The summed E-state index contributed by atoms with van der Waals surface area (Å²) in [6.45, 7) is 0. The summed E-state index contributed by atoms with van der Waals surface area (Å²) in [5, 5.41) is 12.7. The van der Waals surface area contributed by atoms with Gasteiger partial charge in [0, 0.05) is 10.2 Å². The second-order valence-corrected chi connectivity index (χ2v) is 5.09. The van der Waals surface area contributed by atoms with Gasteiger partial charge in [-0.2, -0.15) is 0 Å². The average Bonchev–Trinajstić information content (AvgIpc) is 2.48. The number of halogens is 1. The Bertz CT molecular complexity index is 598. The molecule has 1 unspecified atom stereocenters. The van der Waals surface area contributed by atoms with Crippen molar-refractivity contribution in [1.29, 1.82) is 0 Å². The quantitative estimate of drug-likeness (QED) is 0.902. The molecule has 20 heavy (non-hydrogen) atoms. The van der Waals surface area contributed by atoms with Crippen LogP contribution in [0.3, 0.4) is 0 Å². The summed E-state index contributed by atoms with van der Waals surface area (Å²) in [7, 11) is 1.54. The van der Waals surface area contributed by atoms with E-state index >= 15 is 0 Å². The van der Waals surface area contributed by atoms with Crippen molar-refractivity contribution in [2.75, 3.05) is 12.4 Å². The lowest BCUT2D eigenvalue weighted by Crippen LogP contribution is -2.20. The molecule has 104 valence electrons. The Hall–Kier alpha value is -1.85. The first-order valence-corrected chi connectivity index (χ1v) is 6.78. The number of hydrogen-bond donors (Lipinski definition) is 2. The zero-order chi connectivity index (χ0) is 14.5. The average molecular weight is 336 g/mol. The number of carbonyl (C=O) groups excluding carboxylic acids is 1. The van der Waals surface area contributed by atoms with Crippen LogP contribution in [0.1, 0.15) is 11.7 Å². The summed E-state index contributed by atoms with van der Waals surface area (Å²) in [6, 6.07) is 13.9. The van der Waals surface area contributed by atoms with E-state index < -0.39 is 12.0 Å². The standard InChI is InChI=1S/C15H14BrNO3/c1-20-13-4-2-3-10(9-13)14(18)15(19)17-12-7-5-11(16)6-8-12/h2-9,14,18H,1H3,(H,17,19). The molecule has 1 amide bonds.